The maximum absolute atomic E-state index is 13.3. The van der Waals surface area contributed by atoms with Crippen LogP contribution < -0.4 is 22.1 Å². The molecule has 0 atom stereocenters. The fourth-order valence-electron chi connectivity index (χ4n) is 1.24. The van der Waals surface area contributed by atoms with E-state index in [2.05, 4.69) is 0 Å². The van der Waals surface area contributed by atoms with Gasteiger partial charge in [-0.3, -0.25) is 0 Å². The molecule has 1 aromatic rings. The van der Waals surface area contributed by atoms with Crippen LogP contribution in [-0.2, 0) is 10.2 Å². The maximum atomic E-state index is 13.3. The van der Waals surface area contributed by atoms with E-state index in [1.807, 2.05) is 6.92 Å². The number of allylic oxidation sites excluding steroid dienone is 1. The van der Waals surface area contributed by atoms with Crippen molar-refractivity contribution < 1.29 is 23.1 Å². The van der Waals surface area contributed by atoms with Crippen molar-refractivity contribution in [3.63, 3.8) is 0 Å². The molecule has 8 N–H and O–H groups in total. The van der Waals surface area contributed by atoms with Crippen molar-refractivity contribution in [1.82, 2.24) is 12.3 Å². The van der Waals surface area contributed by atoms with Gasteiger partial charge in [-0.15, -0.1) is 0 Å². The highest BCUT2D eigenvalue weighted by Crippen LogP contribution is 2.53. The van der Waals surface area contributed by atoms with Gasteiger partial charge in [-0.05, 0) is 18.1 Å². The standard InChI is InChI=1S/C11H13F2O3P.2H3N/c1-2-3-5-9-6-4-7-10(8-9)11(12,13)17(14,15)16;;/h3-8H,2H2,1H3,(H2,14,15,16);2*1H3/b5-3-;;. The first-order valence-corrected chi connectivity index (χ1v) is 6.50. The average molecular weight is 296 g/mol. The lowest BCUT2D eigenvalue weighted by Gasteiger charge is -2.37. The number of hydrogen-bond donors (Lipinski definition) is 2. The lowest BCUT2D eigenvalue weighted by atomic mass is 10.1. The Morgan fingerprint density at radius 3 is 2.37 bits per heavy atom. The first-order valence-electron chi connectivity index (χ1n) is 4.96. The van der Waals surface area contributed by atoms with E-state index < -0.39 is 18.8 Å². The summed E-state index contributed by atoms with van der Waals surface area (Å²) in [5, 5.41) is 0. The smallest absolute Gasteiger partial charge is 0.296 e. The quantitative estimate of drug-likeness (QED) is 0.826. The summed E-state index contributed by atoms with van der Waals surface area (Å²) in [4.78, 5) is 21.0. The first-order chi connectivity index (χ1) is 7.79. The summed E-state index contributed by atoms with van der Waals surface area (Å²) in [5.41, 5.74) is -4.75. The molecule has 0 aliphatic rings. The van der Waals surface area contributed by atoms with E-state index >= 15 is 0 Å². The van der Waals surface area contributed by atoms with E-state index in [1.54, 1.807) is 18.2 Å². The Morgan fingerprint density at radius 1 is 1.32 bits per heavy atom. The molecule has 0 saturated carbocycles. The van der Waals surface area contributed by atoms with Crippen molar-refractivity contribution in [2.24, 2.45) is 0 Å². The number of quaternary nitrogens is 2. The zero-order chi connectivity index (χ0) is 13.1. The van der Waals surface area contributed by atoms with Gasteiger partial charge in [-0.2, -0.15) is 8.78 Å². The summed E-state index contributed by atoms with van der Waals surface area (Å²) >= 11 is 0. The molecule has 0 saturated heterocycles. The van der Waals surface area contributed by atoms with E-state index in [9.17, 15) is 23.1 Å². The molecular formula is C11H19F2N2O3P. The number of hydrogen-bond acceptors (Lipinski definition) is 3. The van der Waals surface area contributed by atoms with Crippen LogP contribution in [0.1, 0.15) is 24.5 Å². The highest BCUT2D eigenvalue weighted by molar-refractivity contribution is 7.49. The second-order valence-corrected chi connectivity index (χ2v) is 5.03. The molecule has 5 nitrogen and oxygen atoms in total. The van der Waals surface area contributed by atoms with Crippen LogP contribution in [0, 0.1) is 0 Å². The third-order valence-electron chi connectivity index (χ3n) is 2.12. The molecule has 0 unspecified atom stereocenters. The van der Waals surface area contributed by atoms with Gasteiger partial charge >= 0.3 is 0 Å². The molecule has 0 spiro atoms. The van der Waals surface area contributed by atoms with E-state index in [4.69, 9.17) is 0 Å². The Labute approximate surface area is 110 Å². The minimum absolute atomic E-state index is 0. The van der Waals surface area contributed by atoms with Gasteiger partial charge in [0.1, 0.15) is 0 Å². The Morgan fingerprint density at radius 2 is 1.89 bits per heavy atom. The molecule has 0 heterocycles. The van der Waals surface area contributed by atoms with Crippen LogP contribution in [-0.4, -0.2) is 0 Å². The molecule has 110 valence electrons. The molecule has 0 amide bonds. The topological polar surface area (TPSA) is 136 Å². The summed E-state index contributed by atoms with van der Waals surface area (Å²) < 4.78 is 37.0. The zero-order valence-corrected chi connectivity index (χ0v) is 12.0. The normalized spacial score (nSPS) is 11.8. The van der Waals surface area contributed by atoms with Gasteiger partial charge in [0.2, 0.25) is 0 Å². The lowest BCUT2D eigenvalue weighted by Crippen LogP contribution is -2.29. The first kappa shape index (κ1) is 20.2. The Bertz CT molecular complexity index is 475. The van der Waals surface area contributed by atoms with Gasteiger partial charge in [-0.1, -0.05) is 37.3 Å². The Balaban J connectivity index is 0. The van der Waals surface area contributed by atoms with E-state index in [1.165, 1.54) is 6.07 Å². The molecule has 1 rings (SSSR count). The van der Waals surface area contributed by atoms with Gasteiger partial charge in [0.05, 0.1) is 0 Å². The minimum Gasteiger partial charge on any atom is -0.806 e. The summed E-state index contributed by atoms with van der Waals surface area (Å²) in [5.74, 6) is 0. The van der Waals surface area contributed by atoms with Crippen LogP contribution in [0.5, 0.6) is 0 Å². The highest BCUT2D eigenvalue weighted by atomic mass is 31.2. The predicted molar refractivity (Wildman–Crippen MR) is 69.2 cm³/mol. The van der Waals surface area contributed by atoms with Crippen LogP contribution in [0.25, 0.3) is 6.08 Å². The summed E-state index contributed by atoms with van der Waals surface area (Å²) in [7, 11) is -5.99. The van der Waals surface area contributed by atoms with Gasteiger partial charge in [-0.25, -0.2) is 0 Å². The summed E-state index contributed by atoms with van der Waals surface area (Å²) in [6.07, 6.45) is 4.05. The zero-order valence-electron chi connectivity index (χ0n) is 11.1. The van der Waals surface area contributed by atoms with Crippen LogP contribution in [0.2, 0.25) is 0 Å². The van der Waals surface area contributed by atoms with Crippen LogP contribution >= 0.6 is 7.60 Å². The summed E-state index contributed by atoms with van der Waals surface area (Å²) in [6, 6.07) is 4.75. The molecule has 0 radical (unpaired) electrons. The van der Waals surface area contributed by atoms with Crippen molar-refractivity contribution in [3.8, 4) is 0 Å². The number of halogens is 2. The molecule has 0 bridgehead atoms. The fraction of sp³-hybridized carbons (Fsp3) is 0.273. The second kappa shape index (κ2) is 7.47. The van der Waals surface area contributed by atoms with Gasteiger partial charge < -0.3 is 26.7 Å². The molecule has 0 fully saturated rings. The fourth-order valence-corrected chi connectivity index (χ4v) is 1.70. The molecule has 8 heteroatoms. The van der Waals surface area contributed by atoms with Crippen molar-refractivity contribution in [3.05, 3.63) is 41.5 Å². The molecule has 0 aliphatic heterocycles. The summed E-state index contributed by atoms with van der Waals surface area (Å²) in [6.45, 7) is 1.87. The molecule has 1 aromatic carbocycles. The number of alkyl halides is 2. The molecule has 19 heavy (non-hydrogen) atoms. The van der Waals surface area contributed by atoms with Gasteiger partial charge in [0.15, 0.2) is 0 Å². The van der Waals surface area contributed by atoms with Crippen molar-refractivity contribution in [2.45, 2.75) is 19.0 Å². The third-order valence-corrected chi connectivity index (χ3v) is 3.07. The maximum Gasteiger partial charge on any atom is 0.296 e. The van der Waals surface area contributed by atoms with Crippen LogP contribution in [0.4, 0.5) is 8.78 Å². The van der Waals surface area contributed by atoms with Crippen LogP contribution in [0.15, 0.2) is 30.3 Å². The monoisotopic (exact) mass is 296 g/mol. The average Bonchev–Trinajstić information content (AvgIpc) is 2.25. The lowest BCUT2D eigenvalue weighted by molar-refractivity contribution is -0.335. The SMILES string of the molecule is CC/C=C\c1cccc(C(F)(F)P(=O)([O-])[O-])c1.[NH4+].[NH4+]. The third kappa shape index (κ3) is 4.81. The van der Waals surface area contributed by atoms with E-state index in [-0.39, 0.29) is 12.3 Å². The van der Waals surface area contributed by atoms with Crippen molar-refractivity contribution in [2.75, 3.05) is 0 Å². The number of benzene rings is 1. The highest BCUT2D eigenvalue weighted by Gasteiger charge is 2.35. The van der Waals surface area contributed by atoms with Crippen molar-refractivity contribution in [1.29, 1.82) is 0 Å². The van der Waals surface area contributed by atoms with E-state index in [0.29, 0.717) is 5.56 Å². The number of rotatable bonds is 4. The second-order valence-electron chi connectivity index (χ2n) is 3.47. The Hall–Kier alpha value is -1.11. The van der Waals surface area contributed by atoms with Gasteiger partial charge in [0.25, 0.3) is 5.66 Å². The van der Waals surface area contributed by atoms with E-state index in [0.717, 1.165) is 18.6 Å². The largest absolute Gasteiger partial charge is 0.806 e. The van der Waals surface area contributed by atoms with Gasteiger partial charge in [0, 0.05) is 13.2 Å². The predicted octanol–water partition coefficient (Wildman–Crippen LogP) is 2.83. The molecule has 0 aliphatic carbocycles. The Kier molecular flexibility index (Phi) is 7.95. The molecular weight excluding hydrogens is 277 g/mol. The van der Waals surface area contributed by atoms with Crippen molar-refractivity contribution >= 4 is 13.7 Å². The van der Waals surface area contributed by atoms with Crippen LogP contribution in [0.3, 0.4) is 0 Å². The molecule has 0 aromatic heterocycles. The minimum atomic E-state index is -5.99.